The zero-order chi connectivity index (χ0) is 13.1. The largest absolute Gasteiger partial charge is 0.299 e. The average Bonchev–Trinajstić information content (AvgIpc) is 2.18. The molecule has 0 radical (unpaired) electrons. The maximum atomic E-state index is 13.2. The topological polar surface area (TPSA) is 51.2 Å². The quantitative estimate of drug-likeness (QED) is 0.808. The average molecular weight is 262 g/mol. The van der Waals surface area contributed by atoms with Crippen LogP contribution in [0.2, 0.25) is 0 Å². The Bertz CT molecular complexity index is 524. The first-order valence-corrected chi connectivity index (χ1v) is 6.97. The Morgan fingerprint density at radius 2 is 1.94 bits per heavy atom. The van der Waals surface area contributed by atoms with E-state index in [1.165, 1.54) is 6.07 Å². The van der Waals surface area contributed by atoms with Crippen molar-refractivity contribution in [1.82, 2.24) is 0 Å². The molecule has 94 valence electrons. The predicted octanol–water partition coefficient (Wildman–Crippen LogP) is 1.51. The highest BCUT2D eigenvalue weighted by Crippen LogP contribution is 2.11. The van der Waals surface area contributed by atoms with Crippen LogP contribution in [0.15, 0.2) is 18.2 Å². The number of Topliss-reactive ketones (excluding diaryl/α,β-unsaturated/α-hetero) is 1. The third-order valence-corrected chi connectivity index (χ3v) is 3.10. The van der Waals surface area contributed by atoms with Gasteiger partial charge in [-0.15, -0.1) is 0 Å². The van der Waals surface area contributed by atoms with Crippen molar-refractivity contribution in [3.8, 4) is 0 Å². The van der Waals surface area contributed by atoms with Crippen LogP contribution in [0.1, 0.15) is 12.0 Å². The van der Waals surface area contributed by atoms with Gasteiger partial charge in [-0.05, 0) is 11.6 Å². The van der Waals surface area contributed by atoms with Crippen LogP contribution in [0.25, 0.3) is 0 Å². The van der Waals surface area contributed by atoms with Crippen molar-refractivity contribution in [2.24, 2.45) is 0 Å². The Balaban J connectivity index is 2.62. The van der Waals surface area contributed by atoms with Crippen molar-refractivity contribution in [1.29, 1.82) is 0 Å². The van der Waals surface area contributed by atoms with Gasteiger partial charge in [-0.2, -0.15) is 0 Å². The van der Waals surface area contributed by atoms with Crippen LogP contribution in [-0.2, 0) is 21.1 Å². The Kier molecular flexibility index (Phi) is 4.34. The lowest BCUT2D eigenvalue weighted by Gasteiger charge is -2.02. The maximum Gasteiger partial charge on any atom is 0.147 e. The summed E-state index contributed by atoms with van der Waals surface area (Å²) in [5.74, 6) is -2.15. The van der Waals surface area contributed by atoms with Crippen molar-refractivity contribution < 1.29 is 22.0 Å². The van der Waals surface area contributed by atoms with Crippen LogP contribution in [0, 0.1) is 11.6 Å². The van der Waals surface area contributed by atoms with Crippen LogP contribution >= 0.6 is 0 Å². The second-order valence-electron chi connectivity index (χ2n) is 3.83. The number of hydrogen-bond donors (Lipinski definition) is 0. The zero-order valence-electron chi connectivity index (χ0n) is 9.24. The van der Waals surface area contributed by atoms with Crippen LogP contribution in [0.3, 0.4) is 0 Å². The van der Waals surface area contributed by atoms with E-state index in [4.69, 9.17) is 0 Å². The van der Waals surface area contributed by atoms with Gasteiger partial charge in [0.05, 0.1) is 5.75 Å². The standard InChI is InChI=1S/C11H12F2O3S/c1-17(15,16)5-4-10(14)6-8-2-3-9(12)7-11(8)13/h2-3,7H,4-6H2,1H3. The molecule has 0 bridgehead atoms. The van der Waals surface area contributed by atoms with Gasteiger partial charge in [-0.1, -0.05) is 6.07 Å². The van der Waals surface area contributed by atoms with Gasteiger partial charge in [0.25, 0.3) is 0 Å². The molecule has 0 heterocycles. The number of hydrogen-bond acceptors (Lipinski definition) is 3. The summed E-state index contributed by atoms with van der Waals surface area (Å²) < 4.78 is 47.4. The summed E-state index contributed by atoms with van der Waals surface area (Å²) in [6.07, 6.45) is 0.649. The van der Waals surface area contributed by atoms with Gasteiger partial charge < -0.3 is 0 Å². The molecule has 3 nitrogen and oxygen atoms in total. The maximum absolute atomic E-state index is 13.2. The fraction of sp³-hybridized carbons (Fsp3) is 0.364. The first kappa shape index (κ1) is 13.8. The Morgan fingerprint density at radius 3 is 2.47 bits per heavy atom. The normalized spacial score (nSPS) is 11.5. The van der Waals surface area contributed by atoms with E-state index in [2.05, 4.69) is 0 Å². The molecule has 0 N–H and O–H groups in total. The number of rotatable bonds is 5. The van der Waals surface area contributed by atoms with Gasteiger partial charge in [0.15, 0.2) is 0 Å². The van der Waals surface area contributed by atoms with Crippen molar-refractivity contribution in [2.45, 2.75) is 12.8 Å². The molecule has 0 unspecified atom stereocenters. The van der Waals surface area contributed by atoms with Crippen LogP contribution in [-0.4, -0.2) is 26.2 Å². The van der Waals surface area contributed by atoms with Gasteiger partial charge in [-0.3, -0.25) is 4.79 Å². The predicted molar refractivity (Wildman–Crippen MR) is 59.4 cm³/mol. The fourth-order valence-electron chi connectivity index (χ4n) is 1.27. The summed E-state index contributed by atoms with van der Waals surface area (Å²) in [5.41, 5.74) is 0.0740. The third kappa shape index (κ3) is 5.04. The summed E-state index contributed by atoms with van der Waals surface area (Å²) in [6.45, 7) is 0. The lowest BCUT2D eigenvalue weighted by Crippen LogP contribution is -2.12. The molecule has 6 heteroatoms. The molecule has 0 aliphatic carbocycles. The third-order valence-electron chi connectivity index (χ3n) is 2.15. The van der Waals surface area contributed by atoms with E-state index in [-0.39, 0.29) is 29.9 Å². The van der Waals surface area contributed by atoms with Gasteiger partial charge >= 0.3 is 0 Å². The van der Waals surface area contributed by atoms with E-state index in [9.17, 15) is 22.0 Å². The number of sulfone groups is 1. The molecule has 0 saturated carbocycles. The number of benzene rings is 1. The van der Waals surface area contributed by atoms with E-state index in [0.717, 1.165) is 12.3 Å². The molecule has 0 saturated heterocycles. The lowest BCUT2D eigenvalue weighted by molar-refractivity contribution is -0.118. The van der Waals surface area contributed by atoms with E-state index in [0.29, 0.717) is 6.07 Å². The molecule has 0 aromatic heterocycles. The Labute approximate surface area is 98.4 Å². The zero-order valence-corrected chi connectivity index (χ0v) is 10.1. The molecule has 0 amide bonds. The number of halogens is 2. The molecule has 1 aromatic rings. The Hall–Kier alpha value is -1.30. The van der Waals surface area contributed by atoms with Gasteiger partial charge in [-0.25, -0.2) is 17.2 Å². The minimum Gasteiger partial charge on any atom is -0.299 e. The van der Waals surface area contributed by atoms with E-state index >= 15 is 0 Å². The van der Waals surface area contributed by atoms with Crippen molar-refractivity contribution in [3.63, 3.8) is 0 Å². The lowest BCUT2D eigenvalue weighted by atomic mass is 10.1. The first-order chi connectivity index (χ1) is 7.78. The molecule has 1 aromatic carbocycles. The van der Waals surface area contributed by atoms with Gasteiger partial charge in [0.1, 0.15) is 27.3 Å². The molecule has 0 fully saturated rings. The smallest absolute Gasteiger partial charge is 0.147 e. The van der Waals surface area contributed by atoms with Crippen molar-refractivity contribution in [3.05, 3.63) is 35.4 Å². The number of carbonyl (C=O) groups excluding carboxylic acids is 1. The molecular formula is C11H12F2O3S. The molecule has 0 spiro atoms. The van der Waals surface area contributed by atoms with Gasteiger partial charge in [0.2, 0.25) is 0 Å². The van der Waals surface area contributed by atoms with E-state index < -0.39 is 21.5 Å². The highest BCUT2D eigenvalue weighted by molar-refractivity contribution is 7.90. The highest BCUT2D eigenvalue weighted by Gasteiger charge is 2.11. The summed E-state index contributed by atoms with van der Waals surface area (Å²) in [6, 6.07) is 2.93. The monoisotopic (exact) mass is 262 g/mol. The second kappa shape index (κ2) is 5.35. The van der Waals surface area contributed by atoms with Crippen molar-refractivity contribution in [2.75, 3.05) is 12.0 Å². The second-order valence-corrected chi connectivity index (χ2v) is 6.09. The summed E-state index contributed by atoms with van der Waals surface area (Å²) in [4.78, 5) is 11.4. The van der Waals surface area contributed by atoms with Gasteiger partial charge in [0, 0.05) is 25.2 Å². The fourth-order valence-corrected chi connectivity index (χ4v) is 1.86. The minimum absolute atomic E-state index is 0.0740. The van der Waals surface area contributed by atoms with Crippen molar-refractivity contribution >= 4 is 15.6 Å². The molecule has 1 rings (SSSR count). The molecule has 0 aliphatic heterocycles. The summed E-state index contributed by atoms with van der Waals surface area (Å²) >= 11 is 0. The summed E-state index contributed by atoms with van der Waals surface area (Å²) in [7, 11) is -3.20. The van der Waals surface area contributed by atoms with E-state index in [1.807, 2.05) is 0 Å². The first-order valence-electron chi connectivity index (χ1n) is 4.91. The SMILES string of the molecule is CS(=O)(=O)CCC(=O)Cc1ccc(F)cc1F. The molecule has 0 aliphatic rings. The number of ketones is 1. The highest BCUT2D eigenvalue weighted by atomic mass is 32.2. The van der Waals surface area contributed by atoms with Crippen LogP contribution < -0.4 is 0 Å². The minimum atomic E-state index is -3.20. The number of carbonyl (C=O) groups is 1. The van der Waals surface area contributed by atoms with Crippen LogP contribution in [0.4, 0.5) is 8.78 Å². The molecule has 17 heavy (non-hydrogen) atoms. The Morgan fingerprint density at radius 1 is 1.29 bits per heavy atom. The molecular weight excluding hydrogens is 250 g/mol. The van der Waals surface area contributed by atoms with Crippen LogP contribution in [0.5, 0.6) is 0 Å². The van der Waals surface area contributed by atoms with E-state index in [1.54, 1.807) is 0 Å². The molecule has 0 atom stereocenters. The summed E-state index contributed by atoms with van der Waals surface area (Å²) in [5, 5.41) is 0.